The summed E-state index contributed by atoms with van der Waals surface area (Å²) in [5.41, 5.74) is 0. The molecule has 44 heavy (non-hydrogen) atoms. The number of hydrogen-bond acceptors (Lipinski definition) is 0. The van der Waals surface area contributed by atoms with E-state index in [4.69, 9.17) is 0 Å². The van der Waals surface area contributed by atoms with Gasteiger partial charge in [0, 0.05) is 0 Å². The predicted molar refractivity (Wildman–Crippen MR) is 201 cm³/mol. The van der Waals surface area contributed by atoms with E-state index in [1.54, 1.807) is 0 Å². The molecule has 0 aliphatic carbocycles. The molecule has 0 spiro atoms. The average Bonchev–Trinajstić information content (AvgIpc) is 3.08. The fourth-order valence-electron chi connectivity index (χ4n) is 4.49. The van der Waals surface area contributed by atoms with Crippen LogP contribution < -0.4 is 21.2 Å². The zero-order valence-corrected chi connectivity index (χ0v) is 30.9. The van der Waals surface area contributed by atoms with Gasteiger partial charge < -0.3 is 13.8 Å². The van der Waals surface area contributed by atoms with E-state index in [0.717, 1.165) is 12.8 Å². The van der Waals surface area contributed by atoms with Gasteiger partial charge in [0.05, 0.1) is 0 Å². The monoisotopic (exact) mass is 801 g/mol. The fraction of sp³-hybridized carbons (Fsp3) is 0.268. The van der Waals surface area contributed by atoms with E-state index in [1.165, 1.54) is 65.6 Å². The topological polar surface area (TPSA) is 0 Å². The minimum Gasteiger partial charge on any atom is -0.343 e. The summed E-state index contributed by atoms with van der Waals surface area (Å²) in [5.74, 6) is 0. The van der Waals surface area contributed by atoms with Crippen molar-refractivity contribution in [2.24, 2.45) is 0 Å². The molecule has 4 rings (SSSR count). The van der Waals surface area contributed by atoms with Crippen LogP contribution in [0.2, 0.25) is 0 Å². The van der Waals surface area contributed by atoms with Crippen LogP contribution in [-0.4, -0.2) is 12.3 Å². The Labute approximate surface area is 287 Å². The summed E-state index contributed by atoms with van der Waals surface area (Å²) in [6, 6.07) is 44.3. The smallest absolute Gasteiger partial charge is 0.343 e. The molecule has 0 fully saturated rings. The van der Waals surface area contributed by atoms with Gasteiger partial charge in [-0.05, 0) is 82.5 Å². The van der Waals surface area contributed by atoms with Gasteiger partial charge in [-0.15, -0.1) is 0 Å². The van der Waals surface area contributed by atoms with Crippen LogP contribution in [0.15, 0.2) is 146 Å². The van der Waals surface area contributed by atoms with E-state index in [2.05, 4.69) is 159 Å². The van der Waals surface area contributed by atoms with Crippen molar-refractivity contribution in [3.05, 3.63) is 159 Å². The summed E-state index contributed by atoms with van der Waals surface area (Å²) in [7, 11) is -0.618. The van der Waals surface area contributed by atoms with Crippen molar-refractivity contribution in [2.45, 2.75) is 58.8 Å². The second-order valence-electron chi connectivity index (χ2n) is 10.1. The third-order valence-corrected chi connectivity index (χ3v) is 12.0. The van der Waals surface area contributed by atoms with Crippen LogP contribution >= 0.6 is 15.8 Å². The van der Waals surface area contributed by atoms with Crippen molar-refractivity contribution in [1.82, 2.24) is 0 Å². The van der Waals surface area contributed by atoms with Crippen LogP contribution in [0, 0.1) is 13.8 Å². The molecule has 0 unspecified atom stereocenters. The van der Waals surface area contributed by atoms with Crippen LogP contribution in [0.5, 0.6) is 0 Å². The molecule has 0 N–H and O–H groups in total. The molecule has 0 atom stereocenters. The maximum atomic E-state index is 3.72. The first-order valence-corrected chi connectivity index (χ1v) is 18.9. The summed E-state index contributed by atoms with van der Waals surface area (Å²) in [6.07, 6.45) is 19.2. The minimum absolute atomic E-state index is 0. The molecule has 0 amide bonds. The molecule has 0 radical (unpaired) electrons. The molecule has 4 aromatic rings. The quantitative estimate of drug-likeness (QED) is 0.0516. The van der Waals surface area contributed by atoms with E-state index < -0.39 is 0 Å². The van der Waals surface area contributed by atoms with Crippen LogP contribution in [0.25, 0.3) is 0 Å². The standard InChI is InChI=1S/C27H26P2.2C7H13.Pt/c1-5-14-24(15-6-1)28(25-16-7-2-8-17-25)22-13-23-29(26-18-9-3-10-19-26)27-20-11-4-12-21-27;2*1-3-5-7-6-4-2;/h1-12,14-21H,13,22-23H2;2*4,6H,1,3,5,7H2,2H3;/q;2*-1;+2/b;2*6-4+;. The molecular formula is C41H52P2Pt. The zero-order valence-electron chi connectivity index (χ0n) is 26.8. The zero-order chi connectivity index (χ0) is 30.8. The SMILES string of the molecule is [CH2-]CCC/C=C/C.[CH2-]CCC/C=C/C.[Pt+2].c1ccc(P(CCCP(c2ccccc2)c2ccccc2)c2ccccc2)cc1. The van der Waals surface area contributed by atoms with Crippen LogP contribution in [0.3, 0.4) is 0 Å². The van der Waals surface area contributed by atoms with Gasteiger partial charge in [0.1, 0.15) is 0 Å². The Morgan fingerprint density at radius 2 is 0.727 bits per heavy atom. The fourth-order valence-corrected chi connectivity index (χ4v) is 9.45. The van der Waals surface area contributed by atoms with E-state index in [1.807, 2.05) is 13.8 Å². The Kier molecular flexibility index (Phi) is 24.7. The predicted octanol–water partition coefficient (Wildman–Crippen LogP) is 10.8. The number of rotatable bonds is 14. The second-order valence-corrected chi connectivity index (χ2v) is 14.8. The first-order valence-electron chi connectivity index (χ1n) is 15.8. The number of benzene rings is 4. The molecule has 3 heteroatoms. The normalized spacial score (nSPS) is 10.7. The van der Waals surface area contributed by atoms with Crippen LogP contribution in [0.4, 0.5) is 0 Å². The molecule has 0 bridgehead atoms. The Hall–Kier alpha value is -2.09. The molecule has 0 aromatic heterocycles. The van der Waals surface area contributed by atoms with Gasteiger partial charge in [-0.25, -0.2) is 0 Å². The summed E-state index contributed by atoms with van der Waals surface area (Å²) >= 11 is 0. The Morgan fingerprint density at radius 1 is 0.455 bits per heavy atom. The van der Waals surface area contributed by atoms with Gasteiger partial charge >= 0.3 is 21.1 Å². The van der Waals surface area contributed by atoms with Crippen molar-refractivity contribution in [3.63, 3.8) is 0 Å². The Balaban J connectivity index is 0.000000541. The summed E-state index contributed by atoms with van der Waals surface area (Å²) < 4.78 is 0. The van der Waals surface area contributed by atoms with Gasteiger partial charge in [-0.2, -0.15) is 12.8 Å². The third kappa shape index (κ3) is 16.8. The summed E-state index contributed by atoms with van der Waals surface area (Å²) in [6.45, 7) is 11.5. The van der Waals surface area contributed by atoms with Gasteiger partial charge in [0.2, 0.25) is 0 Å². The molecule has 0 aliphatic heterocycles. The van der Waals surface area contributed by atoms with Crippen molar-refractivity contribution in [1.29, 1.82) is 0 Å². The molecule has 0 saturated heterocycles. The van der Waals surface area contributed by atoms with E-state index in [0.29, 0.717) is 0 Å². The second kappa shape index (κ2) is 27.2. The number of unbranched alkanes of at least 4 members (excludes halogenated alkanes) is 4. The molecular weight excluding hydrogens is 749 g/mol. The molecule has 0 saturated carbocycles. The van der Waals surface area contributed by atoms with Gasteiger partial charge in [-0.3, -0.25) is 0 Å². The van der Waals surface area contributed by atoms with E-state index >= 15 is 0 Å². The van der Waals surface area contributed by atoms with E-state index in [-0.39, 0.29) is 36.9 Å². The van der Waals surface area contributed by atoms with Gasteiger partial charge in [0.15, 0.2) is 0 Å². The largest absolute Gasteiger partial charge is 2.00 e. The molecule has 0 nitrogen and oxygen atoms in total. The van der Waals surface area contributed by atoms with Gasteiger partial charge in [-0.1, -0.05) is 158 Å². The molecule has 236 valence electrons. The molecule has 0 aliphatic rings. The van der Waals surface area contributed by atoms with Gasteiger partial charge in [0.25, 0.3) is 0 Å². The molecule has 0 heterocycles. The number of allylic oxidation sites excluding steroid dienone is 4. The maximum Gasteiger partial charge on any atom is 2.00 e. The van der Waals surface area contributed by atoms with Crippen molar-refractivity contribution < 1.29 is 21.1 Å². The number of hydrogen-bond donors (Lipinski definition) is 0. The first kappa shape index (κ1) is 39.9. The Morgan fingerprint density at radius 3 is 0.955 bits per heavy atom. The van der Waals surface area contributed by atoms with Crippen molar-refractivity contribution in [3.8, 4) is 0 Å². The Bertz CT molecular complexity index is 1050. The van der Waals surface area contributed by atoms with Crippen molar-refractivity contribution in [2.75, 3.05) is 12.3 Å². The first-order chi connectivity index (χ1) is 21.2. The summed E-state index contributed by atoms with van der Waals surface area (Å²) in [5, 5.41) is 5.94. The summed E-state index contributed by atoms with van der Waals surface area (Å²) in [4.78, 5) is 0. The maximum absolute atomic E-state index is 3.72. The minimum atomic E-state index is -0.309. The average molecular weight is 802 g/mol. The molecule has 4 aromatic carbocycles. The van der Waals surface area contributed by atoms with Crippen molar-refractivity contribution >= 4 is 37.1 Å². The van der Waals surface area contributed by atoms with Crippen LogP contribution in [-0.2, 0) is 21.1 Å². The third-order valence-electron chi connectivity index (χ3n) is 6.75. The van der Waals surface area contributed by atoms with E-state index in [9.17, 15) is 0 Å². The van der Waals surface area contributed by atoms with Crippen LogP contribution in [0.1, 0.15) is 58.8 Å².